The number of nitrogens with one attached hydrogen (secondary N) is 2. The first-order valence-corrected chi connectivity index (χ1v) is 9.10. The van der Waals surface area contributed by atoms with Crippen molar-refractivity contribution in [2.45, 2.75) is 12.1 Å². The Morgan fingerprint density at radius 2 is 1.64 bits per heavy atom. The number of hydrogen-bond donors (Lipinski definition) is 2. The molecule has 2 N–H and O–H groups in total. The van der Waals surface area contributed by atoms with E-state index in [2.05, 4.69) is 10.6 Å². The number of carbonyl (C=O) groups excluding carboxylic acids is 1. The van der Waals surface area contributed by atoms with Gasteiger partial charge >= 0.3 is 6.18 Å². The third-order valence-corrected chi connectivity index (χ3v) is 5.26. The summed E-state index contributed by atoms with van der Waals surface area (Å²) >= 11 is 0. The van der Waals surface area contributed by atoms with E-state index in [1.165, 1.54) is 12.1 Å². The normalized spacial score (nSPS) is 19.7. The predicted octanol–water partition coefficient (Wildman–Crippen LogP) is 4.80. The molecule has 4 rings (SSSR count). The SMILES string of the molecule is O=C(Nc1cccc2ccccc12)[C@@H]1CNC[C@H]1c1ccc(C(F)(F)F)cc1. The maximum Gasteiger partial charge on any atom is 0.416 e. The van der Waals surface area contributed by atoms with Gasteiger partial charge in [-0.05, 0) is 29.1 Å². The van der Waals surface area contributed by atoms with E-state index in [1.54, 1.807) is 0 Å². The van der Waals surface area contributed by atoms with Crippen molar-refractivity contribution in [1.29, 1.82) is 0 Å². The molecule has 144 valence electrons. The fraction of sp³-hybridized carbons (Fsp3) is 0.227. The van der Waals surface area contributed by atoms with Crippen LogP contribution in [0.15, 0.2) is 66.7 Å². The smallest absolute Gasteiger partial charge is 0.325 e. The number of benzene rings is 3. The van der Waals surface area contributed by atoms with E-state index in [9.17, 15) is 18.0 Å². The maximum absolute atomic E-state index is 12.9. The number of halogens is 3. The zero-order valence-corrected chi connectivity index (χ0v) is 15.0. The van der Waals surface area contributed by atoms with Gasteiger partial charge in [0, 0.05) is 30.1 Å². The molecule has 1 aliphatic heterocycles. The van der Waals surface area contributed by atoms with Crippen molar-refractivity contribution in [3.05, 3.63) is 77.9 Å². The minimum absolute atomic E-state index is 0.133. The van der Waals surface area contributed by atoms with Crippen LogP contribution >= 0.6 is 0 Å². The third kappa shape index (κ3) is 3.60. The van der Waals surface area contributed by atoms with Crippen LogP contribution in [0.4, 0.5) is 18.9 Å². The van der Waals surface area contributed by atoms with E-state index < -0.39 is 11.7 Å². The van der Waals surface area contributed by atoms with Crippen molar-refractivity contribution in [2.24, 2.45) is 5.92 Å². The molecule has 0 spiro atoms. The van der Waals surface area contributed by atoms with E-state index in [0.29, 0.717) is 13.1 Å². The molecular formula is C22H19F3N2O. The highest BCUT2D eigenvalue weighted by atomic mass is 19.4. The zero-order chi connectivity index (χ0) is 19.7. The van der Waals surface area contributed by atoms with Gasteiger partial charge in [-0.1, -0.05) is 48.5 Å². The van der Waals surface area contributed by atoms with E-state index in [0.717, 1.165) is 34.2 Å². The minimum atomic E-state index is -4.36. The van der Waals surface area contributed by atoms with Gasteiger partial charge in [0.15, 0.2) is 0 Å². The Kier molecular flexibility index (Phi) is 4.81. The molecule has 3 aromatic rings. The first-order valence-electron chi connectivity index (χ1n) is 9.10. The van der Waals surface area contributed by atoms with Gasteiger partial charge in [-0.15, -0.1) is 0 Å². The van der Waals surface area contributed by atoms with Gasteiger partial charge in [-0.25, -0.2) is 0 Å². The van der Waals surface area contributed by atoms with Crippen LogP contribution in [0.25, 0.3) is 10.8 Å². The number of amides is 1. The van der Waals surface area contributed by atoms with Crippen LogP contribution in [0, 0.1) is 5.92 Å². The molecule has 3 nitrogen and oxygen atoms in total. The van der Waals surface area contributed by atoms with Gasteiger partial charge in [0.1, 0.15) is 0 Å². The van der Waals surface area contributed by atoms with Gasteiger partial charge in [0.25, 0.3) is 0 Å². The molecule has 1 fully saturated rings. The second kappa shape index (κ2) is 7.28. The van der Waals surface area contributed by atoms with Crippen molar-refractivity contribution in [1.82, 2.24) is 5.32 Å². The Hall–Kier alpha value is -2.86. The summed E-state index contributed by atoms with van der Waals surface area (Å²) < 4.78 is 38.4. The van der Waals surface area contributed by atoms with E-state index in [4.69, 9.17) is 0 Å². The molecule has 0 saturated carbocycles. The summed E-state index contributed by atoms with van der Waals surface area (Å²) in [4.78, 5) is 12.9. The van der Waals surface area contributed by atoms with E-state index in [-0.39, 0.29) is 17.7 Å². The number of anilines is 1. The molecule has 3 aromatic carbocycles. The lowest BCUT2D eigenvalue weighted by Gasteiger charge is -2.20. The fourth-order valence-electron chi connectivity index (χ4n) is 3.78. The predicted molar refractivity (Wildman–Crippen MR) is 103 cm³/mol. The number of rotatable bonds is 3. The van der Waals surface area contributed by atoms with Crippen molar-refractivity contribution in [2.75, 3.05) is 18.4 Å². The van der Waals surface area contributed by atoms with E-state index in [1.807, 2.05) is 42.5 Å². The Balaban J connectivity index is 1.55. The Morgan fingerprint density at radius 3 is 2.39 bits per heavy atom. The lowest BCUT2D eigenvalue weighted by molar-refractivity contribution is -0.137. The van der Waals surface area contributed by atoms with Crippen LogP contribution in [-0.2, 0) is 11.0 Å². The average Bonchev–Trinajstić information content (AvgIpc) is 3.18. The Bertz CT molecular complexity index is 993. The lowest BCUT2D eigenvalue weighted by atomic mass is 9.87. The van der Waals surface area contributed by atoms with Crippen LogP contribution in [0.2, 0.25) is 0 Å². The van der Waals surface area contributed by atoms with Crippen molar-refractivity contribution < 1.29 is 18.0 Å². The molecule has 28 heavy (non-hydrogen) atoms. The molecule has 6 heteroatoms. The van der Waals surface area contributed by atoms with Crippen molar-refractivity contribution >= 4 is 22.4 Å². The van der Waals surface area contributed by atoms with Gasteiger partial charge in [-0.2, -0.15) is 13.2 Å². The Morgan fingerprint density at radius 1 is 0.929 bits per heavy atom. The van der Waals surface area contributed by atoms with Crippen LogP contribution in [-0.4, -0.2) is 19.0 Å². The van der Waals surface area contributed by atoms with Gasteiger partial charge in [0.05, 0.1) is 11.5 Å². The molecule has 0 aliphatic carbocycles. The first kappa shape index (κ1) is 18.5. The highest BCUT2D eigenvalue weighted by Crippen LogP contribution is 2.34. The zero-order valence-electron chi connectivity index (χ0n) is 15.0. The molecule has 0 aromatic heterocycles. The molecule has 0 bridgehead atoms. The molecule has 1 heterocycles. The van der Waals surface area contributed by atoms with Crippen LogP contribution in [0.3, 0.4) is 0 Å². The van der Waals surface area contributed by atoms with Gasteiger partial charge < -0.3 is 10.6 Å². The van der Waals surface area contributed by atoms with Gasteiger partial charge in [0.2, 0.25) is 5.91 Å². The lowest BCUT2D eigenvalue weighted by Crippen LogP contribution is -2.28. The summed E-state index contributed by atoms with van der Waals surface area (Å²) in [5.41, 5.74) is 0.788. The van der Waals surface area contributed by atoms with Crippen LogP contribution in [0.1, 0.15) is 17.0 Å². The highest BCUT2D eigenvalue weighted by Gasteiger charge is 2.35. The largest absolute Gasteiger partial charge is 0.416 e. The maximum atomic E-state index is 12.9. The molecule has 1 saturated heterocycles. The summed E-state index contributed by atoms with van der Waals surface area (Å²) in [7, 11) is 0. The Labute approximate surface area is 160 Å². The van der Waals surface area contributed by atoms with Crippen molar-refractivity contribution in [3.63, 3.8) is 0 Å². The molecule has 1 amide bonds. The van der Waals surface area contributed by atoms with Crippen LogP contribution < -0.4 is 10.6 Å². The summed E-state index contributed by atoms with van der Waals surface area (Å²) in [5, 5.41) is 8.18. The summed E-state index contributed by atoms with van der Waals surface area (Å²) in [6.45, 7) is 1.04. The quantitative estimate of drug-likeness (QED) is 0.681. The fourth-order valence-corrected chi connectivity index (χ4v) is 3.78. The van der Waals surface area contributed by atoms with Crippen LogP contribution in [0.5, 0.6) is 0 Å². The van der Waals surface area contributed by atoms with E-state index >= 15 is 0 Å². The number of fused-ring (bicyclic) bond motifs is 1. The third-order valence-electron chi connectivity index (χ3n) is 5.26. The standard InChI is InChI=1S/C22H19F3N2O/c23-22(24,25)16-10-8-15(9-11-16)18-12-26-13-19(18)21(28)27-20-7-3-5-14-4-1-2-6-17(14)20/h1-11,18-19,26H,12-13H2,(H,27,28)/t18-,19+/m0/s1. The summed E-state index contributed by atoms with van der Waals surface area (Å²) in [6, 6.07) is 18.6. The molecule has 2 atom stereocenters. The summed E-state index contributed by atoms with van der Waals surface area (Å²) in [5.74, 6) is -0.654. The number of carbonyl (C=O) groups is 1. The topological polar surface area (TPSA) is 41.1 Å². The van der Waals surface area contributed by atoms with Crippen molar-refractivity contribution in [3.8, 4) is 0 Å². The monoisotopic (exact) mass is 384 g/mol. The molecule has 1 aliphatic rings. The minimum Gasteiger partial charge on any atom is -0.325 e. The second-order valence-corrected chi connectivity index (χ2v) is 7.01. The highest BCUT2D eigenvalue weighted by molar-refractivity contribution is 6.03. The van der Waals surface area contributed by atoms with Gasteiger partial charge in [-0.3, -0.25) is 4.79 Å². The molecule has 0 unspecified atom stereocenters. The molecule has 0 radical (unpaired) electrons. The molecular weight excluding hydrogens is 365 g/mol. The average molecular weight is 384 g/mol. The number of alkyl halides is 3. The summed E-state index contributed by atoms with van der Waals surface area (Å²) in [6.07, 6.45) is -4.36. The second-order valence-electron chi connectivity index (χ2n) is 7.01. The first-order chi connectivity index (χ1) is 13.4. The number of hydrogen-bond acceptors (Lipinski definition) is 2.